The van der Waals surface area contributed by atoms with Gasteiger partial charge in [-0.15, -0.1) is 11.3 Å². The highest BCUT2D eigenvalue weighted by Crippen LogP contribution is 2.48. The molecule has 0 spiro atoms. The molecule has 2 aromatic heterocycles. The van der Waals surface area contributed by atoms with Gasteiger partial charge in [0.1, 0.15) is 5.69 Å². The van der Waals surface area contributed by atoms with E-state index >= 15 is 0 Å². The quantitative estimate of drug-likeness (QED) is 0.407. The number of thiophene rings is 1. The summed E-state index contributed by atoms with van der Waals surface area (Å²) in [7, 11) is 1.45. The summed E-state index contributed by atoms with van der Waals surface area (Å²) in [5, 5.41) is 13.8. The van der Waals surface area contributed by atoms with E-state index in [2.05, 4.69) is 31.4 Å². The lowest BCUT2D eigenvalue weighted by Crippen LogP contribution is -2.49. The van der Waals surface area contributed by atoms with Crippen molar-refractivity contribution in [2.75, 3.05) is 13.7 Å². The van der Waals surface area contributed by atoms with Gasteiger partial charge >= 0.3 is 5.69 Å². The zero-order valence-corrected chi connectivity index (χ0v) is 19.4. The molecule has 2 aliphatic heterocycles. The smallest absolute Gasteiger partial charge is 0.311 e. The van der Waals surface area contributed by atoms with Crippen LogP contribution in [0, 0.1) is 10.1 Å². The molecule has 0 fully saturated rings. The number of carbonyl (C=O) groups excluding carboxylic acids is 1. The number of nitrogens with zero attached hydrogens (tertiary/aromatic N) is 3. The molecule has 1 aromatic carbocycles. The summed E-state index contributed by atoms with van der Waals surface area (Å²) in [5.41, 5.74) is 5.23. The SMILES string of the molecule is COc1cc2c(cc1[N+](=O)[O-])-c1c(-c3cccs3)c3c(n1CC2)C(=O)N(C(C)(C)C)CC3. The number of benzene rings is 1. The van der Waals surface area contributed by atoms with Gasteiger partial charge in [-0.05, 0) is 62.3 Å². The predicted molar refractivity (Wildman–Crippen MR) is 125 cm³/mol. The maximum atomic E-state index is 13.7. The summed E-state index contributed by atoms with van der Waals surface area (Å²) in [5.74, 6) is 0.306. The number of nitro groups is 1. The third-order valence-electron chi connectivity index (χ3n) is 6.44. The number of hydrogen-bond acceptors (Lipinski definition) is 5. The first-order valence-electron chi connectivity index (χ1n) is 10.7. The minimum atomic E-state index is -0.405. The van der Waals surface area contributed by atoms with Crippen LogP contribution in [-0.4, -0.2) is 39.5 Å². The molecule has 0 N–H and O–H groups in total. The second-order valence-electron chi connectivity index (χ2n) is 9.25. The van der Waals surface area contributed by atoms with Gasteiger partial charge in [0.05, 0.1) is 17.7 Å². The number of hydrogen-bond donors (Lipinski definition) is 0. The van der Waals surface area contributed by atoms with E-state index < -0.39 is 4.92 Å². The molecule has 5 rings (SSSR count). The Morgan fingerprint density at radius 1 is 1.16 bits per heavy atom. The number of rotatable bonds is 3. The number of amides is 1. The number of methoxy groups -OCH3 is 1. The lowest BCUT2D eigenvalue weighted by Gasteiger charge is -2.39. The number of aryl methyl sites for hydroxylation is 1. The first kappa shape index (κ1) is 20.8. The van der Waals surface area contributed by atoms with Crippen LogP contribution in [-0.2, 0) is 19.4 Å². The van der Waals surface area contributed by atoms with Crippen molar-refractivity contribution >= 4 is 22.9 Å². The first-order valence-corrected chi connectivity index (χ1v) is 11.6. The van der Waals surface area contributed by atoms with Crippen molar-refractivity contribution in [3.05, 3.63) is 56.6 Å². The van der Waals surface area contributed by atoms with Crippen LogP contribution in [0.15, 0.2) is 29.6 Å². The number of carbonyl (C=O) groups is 1. The first-order chi connectivity index (χ1) is 15.2. The lowest BCUT2D eigenvalue weighted by atomic mass is 9.92. The highest BCUT2D eigenvalue weighted by Gasteiger charge is 2.40. The summed E-state index contributed by atoms with van der Waals surface area (Å²) < 4.78 is 7.41. The fraction of sp³-hybridized carbons (Fsp3) is 0.375. The van der Waals surface area contributed by atoms with Crippen LogP contribution in [0.2, 0.25) is 0 Å². The number of aromatic nitrogens is 1. The van der Waals surface area contributed by atoms with E-state index in [9.17, 15) is 14.9 Å². The molecule has 32 heavy (non-hydrogen) atoms. The molecule has 0 atom stereocenters. The zero-order chi connectivity index (χ0) is 22.8. The lowest BCUT2D eigenvalue weighted by molar-refractivity contribution is -0.385. The molecule has 4 heterocycles. The van der Waals surface area contributed by atoms with Gasteiger partial charge < -0.3 is 14.2 Å². The number of ether oxygens (including phenoxy) is 1. The minimum Gasteiger partial charge on any atom is -0.490 e. The third kappa shape index (κ3) is 2.97. The van der Waals surface area contributed by atoms with Gasteiger partial charge in [0.25, 0.3) is 5.91 Å². The second kappa shape index (κ2) is 7.20. The monoisotopic (exact) mass is 451 g/mol. The van der Waals surface area contributed by atoms with E-state index in [1.54, 1.807) is 23.5 Å². The molecular formula is C24H25N3O4S. The topological polar surface area (TPSA) is 77.6 Å². The van der Waals surface area contributed by atoms with Crippen LogP contribution in [0.25, 0.3) is 21.7 Å². The summed E-state index contributed by atoms with van der Waals surface area (Å²) >= 11 is 1.63. The third-order valence-corrected chi connectivity index (χ3v) is 7.32. The molecule has 0 unspecified atom stereocenters. The minimum absolute atomic E-state index is 0.0364. The van der Waals surface area contributed by atoms with Gasteiger partial charge in [-0.3, -0.25) is 14.9 Å². The average Bonchev–Trinajstić information content (AvgIpc) is 3.37. The fourth-order valence-electron chi connectivity index (χ4n) is 5.02. The van der Waals surface area contributed by atoms with Gasteiger partial charge in [-0.1, -0.05) is 6.07 Å². The van der Waals surface area contributed by atoms with Crippen LogP contribution in [0.5, 0.6) is 5.75 Å². The number of fused-ring (bicyclic) bond motifs is 5. The predicted octanol–water partition coefficient (Wildman–Crippen LogP) is 5.15. The fourth-order valence-corrected chi connectivity index (χ4v) is 5.82. The van der Waals surface area contributed by atoms with Crippen molar-refractivity contribution in [1.82, 2.24) is 9.47 Å². The zero-order valence-electron chi connectivity index (χ0n) is 18.6. The maximum absolute atomic E-state index is 13.7. The molecular weight excluding hydrogens is 426 g/mol. The standard InChI is InChI=1S/C24H25N3O4S/c1-24(2,3)26-10-8-15-20(19-6-5-11-32-19)21-16-13-17(27(29)30)18(31-4)12-14(16)7-9-25(21)22(15)23(26)28/h5-6,11-13H,7-10H2,1-4H3. The normalized spacial score (nSPS) is 15.2. The molecule has 2 aliphatic rings. The summed E-state index contributed by atoms with van der Waals surface area (Å²) in [4.78, 5) is 28.1. The van der Waals surface area contributed by atoms with Crippen molar-refractivity contribution in [3.63, 3.8) is 0 Å². The Labute approximate surface area is 190 Å². The molecule has 0 radical (unpaired) electrons. The van der Waals surface area contributed by atoms with Gasteiger partial charge in [-0.2, -0.15) is 0 Å². The van der Waals surface area contributed by atoms with Crippen molar-refractivity contribution < 1.29 is 14.5 Å². The van der Waals surface area contributed by atoms with Crippen molar-refractivity contribution in [3.8, 4) is 27.4 Å². The van der Waals surface area contributed by atoms with Crippen LogP contribution in [0.4, 0.5) is 5.69 Å². The molecule has 0 aliphatic carbocycles. The Morgan fingerprint density at radius 2 is 1.94 bits per heavy atom. The van der Waals surface area contributed by atoms with E-state index in [1.165, 1.54) is 7.11 Å². The van der Waals surface area contributed by atoms with Gasteiger partial charge in [-0.25, -0.2) is 0 Å². The van der Waals surface area contributed by atoms with Gasteiger partial charge in [0.15, 0.2) is 5.75 Å². The summed E-state index contributed by atoms with van der Waals surface area (Å²) in [6.07, 6.45) is 1.45. The average molecular weight is 452 g/mol. The molecule has 3 aromatic rings. The maximum Gasteiger partial charge on any atom is 0.311 e. The molecule has 7 nitrogen and oxygen atoms in total. The van der Waals surface area contributed by atoms with E-state index in [1.807, 2.05) is 16.3 Å². The second-order valence-corrected chi connectivity index (χ2v) is 10.2. The van der Waals surface area contributed by atoms with Gasteiger partial charge in [0.2, 0.25) is 0 Å². The van der Waals surface area contributed by atoms with Crippen LogP contribution in [0.1, 0.15) is 42.4 Å². The summed E-state index contributed by atoms with van der Waals surface area (Å²) in [6, 6.07) is 7.47. The molecule has 1 amide bonds. The largest absolute Gasteiger partial charge is 0.490 e. The molecule has 166 valence electrons. The van der Waals surface area contributed by atoms with Crippen molar-refractivity contribution in [2.45, 2.75) is 45.7 Å². The van der Waals surface area contributed by atoms with Crippen LogP contribution < -0.4 is 4.74 Å². The highest BCUT2D eigenvalue weighted by atomic mass is 32.1. The van der Waals surface area contributed by atoms with E-state index in [0.717, 1.165) is 44.9 Å². The Kier molecular flexibility index (Phi) is 4.67. The molecule has 0 saturated heterocycles. The Bertz CT molecular complexity index is 1250. The Hall–Kier alpha value is -3.13. The highest BCUT2D eigenvalue weighted by molar-refractivity contribution is 7.13. The van der Waals surface area contributed by atoms with Gasteiger partial charge in [0, 0.05) is 40.7 Å². The molecule has 0 bridgehead atoms. The van der Waals surface area contributed by atoms with E-state index in [-0.39, 0.29) is 22.9 Å². The summed E-state index contributed by atoms with van der Waals surface area (Å²) in [6.45, 7) is 7.48. The van der Waals surface area contributed by atoms with Crippen molar-refractivity contribution in [2.24, 2.45) is 0 Å². The van der Waals surface area contributed by atoms with E-state index in [4.69, 9.17) is 4.74 Å². The van der Waals surface area contributed by atoms with Crippen LogP contribution in [0.3, 0.4) is 0 Å². The Balaban J connectivity index is 1.82. The van der Waals surface area contributed by atoms with Crippen molar-refractivity contribution in [1.29, 1.82) is 0 Å². The molecule has 8 heteroatoms. The van der Waals surface area contributed by atoms with Crippen LogP contribution >= 0.6 is 11.3 Å². The molecule has 0 saturated carbocycles. The van der Waals surface area contributed by atoms with E-state index in [0.29, 0.717) is 19.5 Å². The Morgan fingerprint density at radius 3 is 2.56 bits per heavy atom. The number of nitro benzene ring substituents is 1.